The van der Waals surface area contributed by atoms with Gasteiger partial charge in [0.1, 0.15) is 0 Å². The third-order valence-corrected chi connectivity index (χ3v) is 3.57. The molecule has 1 heterocycles. The molecule has 0 saturated heterocycles. The average molecular weight is 319 g/mol. The summed E-state index contributed by atoms with van der Waals surface area (Å²) in [7, 11) is 0. The van der Waals surface area contributed by atoms with Gasteiger partial charge in [-0.25, -0.2) is 14.8 Å². The van der Waals surface area contributed by atoms with Crippen molar-refractivity contribution in [1.29, 1.82) is 0 Å². The number of nitrogens with one attached hydrogen (secondary N) is 1. The van der Waals surface area contributed by atoms with Gasteiger partial charge in [0.25, 0.3) is 0 Å². The smallest absolute Gasteiger partial charge is 0.335 e. The van der Waals surface area contributed by atoms with Crippen molar-refractivity contribution >= 4 is 17.6 Å². The van der Waals surface area contributed by atoms with E-state index in [2.05, 4.69) is 15.3 Å². The van der Waals surface area contributed by atoms with Gasteiger partial charge in [0.2, 0.25) is 5.95 Å². The van der Waals surface area contributed by atoms with Gasteiger partial charge >= 0.3 is 5.97 Å². The topological polar surface area (TPSA) is 75.1 Å². The maximum atomic E-state index is 11.2. The summed E-state index contributed by atoms with van der Waals surface area (Å²) in [6.45, 7) is 3.90. The molecule has 2 N–H and O–H groups in total. The monoisotopic (exact) mass is 319 g/mol. The van der Waals surface area contributed by atoms with E-state index < -0.39 is 5.97 Å². The summed E-state index contributed by atoms with van der Waals surface area (Å²) < 4.78 is 0. The zero-order valence-electron chi connectivity index (χ0n) is 13.4. The Labute approximate surface area is 140 Å². The molecule has 1 aromatic heterocycles. The highest BCUT2D eigenvalue weighted by atomic mass is 16.4. The summed E-state index contributed by atoms with van der Waals surface area (Å²) in [5.41, 5.74) is 4.86. The molecule has 0 bridgehead atoms. The second kappa shape index (κ2) is 6.50. The van der Waals surface area contributed by atoms with Crippen molar-refractivity contribution in [2.75, 3.05) is 5.32 Å². The standard InChI is InChI=1S/C19H17N3O2/c1-12-8-16(14-4-3-5-15(10-14)18(23)24)11-17(9-12)22-19-20-7-6-13(2)21-19/h3-11H,1-2H3,(H,23,24)(H,20,21,22). The van der Waals surface area contributed by atoms with Crippen molar-refractivity contribution in [1.82, 2.24) is 9.97 Å². The van der Waals surface area contributed by atoms with Crippen molar-refractivity contribution in [2.24, 2.45) is 0 Å². The molecule has 0 unspecified atom stereocenters. The van der Waals surface area contributed by atoms with Gasteiger partial charge in [0, 0.05) is 17.6 Å². The van der Waals surface area contributed by atoms with Gasteiger partial charge in [-0.2, -0.15) is 0 Å². The van der Waals surface area contributed by atoms with Crippen molar-refractivity contribution < 1.29 is 9.90 Å². The highest BCUT2D eigenvalue weighted by Crippen LogP contribution is 2.26. The van der Waals surface area contributed by atoms with E-state index in [4.69, 9.17) is 5.11 Å². The molecule has 0 aliphatic carbocycles. The van der Waals surface area contributed by atoms with Crippen molar-refractivity contribution in [3.05, 3.63) is 71.5 Å². The third kappa shape index (κ3) is 3.57. The molecular formula is C19H17N3O2. The summed E-state index contributed by atoms with van der Waals surface area (Å²) in [5.74, 6) is -0.401. The number of aromatic carboxylic acids is 1. The molecular weight excluding hydrogens is 302 g/mol. The molecule has 0 fully saturated rings. The van der Waals surface area contributed by atoms with Crippen LogP contribution in [-0.2, 0) is 0 Å². The number of nitrogens with zero attached hydrogens (tertiary/aromatic N) is 2. The van der Waals surface area contributed by atoms with Crippen LogP contribution >= 0.6 is 0 Å². The minimum atomic E-state index is -0.934. The predicted octanol–water partition coefficient (Wildman–Crippen LogP) is 4.20. The number of hydrogen-bond donors (Lipinski definition) is 2. The number of carbonyl (C=O) groups is 1. The fraction of sp³-hybridized carbons (Fsp3) is 0.105. The van der Waals surface area contributed by atoms with E-state index in [-0.39, 0.29) is 5.56 Å². The lowest BCUT2D eigenvalue weighted by atomic mass is 10.0. The van der Waals surface area contributed by atoms with E-state index in [1.165, 1.54) is 0 Å². The Morgan fingerprint density at radius 3 is 2.62 bits per heavy atom. The van der Waals surface area contributed by atoms with Crippen LogP contribution in [0, 0.1) is 13.8 Å². The number of carboxylic acid groups (broad SMARTS) is 1. The number of carboxylic acids is 1. The average Bonchev–Trinajstić information content (AvgIpc) is 2.54. The first-order valence-corrected chi connectivity index (χ1v) is 7.53. The third-order valence-electron chi connectivity index (χ3n) is 3.57. The predicted molar refractivity (Wildman–Crippen MR) is 93.6 cm³/mol. The second-order valence-corrected chi connectivity index (χ2v) is 5.62. The Kier molecular flexibility index (Phi) is 4.24. The molecule has 0 radical (unpaired) electrons. The van der Waals surface area contributed by atoms with Gasteiger partial charge in [-0.05, 0) is 60.9 Å². The lowest BCUT2D eigenvalue weighted by molar-refractivity contribution is 0.0697. The first-order chi connectivity index (χ1) is 11.5. The number of aromatic nitrogens is 2. The van der Waals surface area contributed by atoms with E-state index in [1.807, 2.05) is 44.2 Å². The van der Waals surface area contributed by atoms with E-state index in [1.54, 1.807) is 24.4 Å². The van der Waals surface area contributed by atoms with Crippen LogP contribution in [0.4, 0.5) is 11.6 Å². The maximum absolute atomic E-state index is 11.2. The van der Waals surface area contributed by atoms with Crippen LogP contribution in [0.2, 0.25) is 0 Å². The molecule has 3 rings (SSSR count). The van der Waals surface area contributed by atoms with Crippen LogP contribution in [0.15, 0.2) is 54.7 Å². The van der Waals surface area contributed by atoms with Gasteiger partial charge in [-0.3, -0.25) is 0 Å². The first kappa shape index (κ1) is 15.7. The molecule has 3 aromatic rings. The Hall–Kier alpha value is -3.21. The molecule has 0 aliphatic heterocycles. The number of hydrogen-bond acceptors (Lipinski definition) is 4. The maximum Gasteiger partial charge on any atom is 0.335 e. The van der Waals surface area contributed by atoms with Crippen LogP contribution < -0.4 is 5.32 Å². The number of aryl methyl sites for hydroxylation is 2. The zero-order chi connectivity index (χ0) is 17.1. The molecule has 2 aromatic carbocycles. The Morgan fingerprint density at radius 2 is 1.88 bits per heavy atom. The molecule has 120 valence electrons. The van der Waals surface area contributed by atoms with Crippen LogP contribution in [-0.4, -0.2) is 21.0 Å². The van der Waals surface area contributed by atoms with Crippen molar-refractivity contribution in [3.8, 4) is 11.1 Å². The summed E-state index contributed by atoms with van der Waals surface area (Å²) in [5, 5.41) is 12.4. The van der Waals surface area contributed by atoms with Gasteiger partial charge < -0.3 is 10.4 Å². The molecule has 0 amide bonds. The quantitative estimate of drug-likeness (QED) is 0.753. The molecule has 0 saturated carbocycles. The fourth-order valence-corrected chi connectivity index (χ4v) is 2.49. The molecule has 0 spiro atoms. The number of benzene rings is 2. The number of anilines is 2. The van der Waals surface area contributed by atoms with Gasteiger partial charge in [-0.1, -0.05) is 18.2 Å². The lowest BCUT2D eigenvalue weighted by Gasteiger charge is -2.10. The van der Waals surface area contributed by atoms with Crippen LogP contribution in [0.3, 0.4) is 0 Å². The molecule has 5 nitrogen and oxygen atoms in total. The van der Waals surface area contributed by atoms with Crippen LogP contribution in [0.5, 0.6) is 0 Å². The van der Waals surface area contributed by atoms with Gasteiger partial charge in [0.05, 0.1) is 5.56 Å². The fourth-order valence-electron chi connectivity index (χ4n) is 2.49. The Bertz CT molecular complexity index is 907. The van der Waals surface area contributed by atoms with E-state index in [0.29, 0.717) is 5.95 Å². The minimum Gasteiger partial charge on any atom is -0.478 e. The summed E-state index contributed by atoms with van der Waals surface area (Å²) in [6, 6.07) is 14.7. The summed E-state index contributed by atoms with van der Waals surface area (Å²) in [6.07, 6.45) is 1.71. The first-order valence-electron chi connectivity index (χ1n) is 7.53. The zero-order valence-corrected chi connectivity index (χ0v) is 13.4. The Balaban J connectivity index is 1.97. The second-order valence-electron chi connectivity index (χ2n) is 5.62. The minimum absolute atomic E-state index is 0.269. The molecule has 5 heteroatoms. The van der Waals surface area contributed by atoms with Crippen molar-refractivity contribution in [2.45, 2.75) is 13.8 Å². The van der Waals surface area contributed by atoms with E-state index >= 15 is 0 Å². The largest absolute Gasteiger partial charge is 0.478 e. The normalized spacial score (nSPS) is 10.4. The lowest BCUT2D eigenvalue weighted by Crippen LogP contribution is -1.99. The van der Waals surface area contributed by atoms with Gasteiger partial charge in [-0.15, -0.1) is 0 Å². The summed E-state index contributed by atoms with van der Waals surface area (Å²) >= 11 is 0. The van der Waals surface area contributed by atoms with E-state index in [0.717, 1.165) is 28.1 Å². The summed E-state index contributed by atoms with van der Waals surface area (Å²) in [4.78, 5) is 19.7. The number of rotatable bonds is 4. The molecule has 0 aliphatic rings. The van der Waals surface area contributed by atoms with Crippen LogP contribution in [0.1, 0.15) is 21.6 Å². The Morgan fingerprint density at radius 1 is 1.04 bits per heavy atom. The van der Waals surface area contributed by atoms with Crippen molar-refractivity contribution in [3.63, 3.8) is 0 Å². The molecule has 0 atom stereocenters. The SMILES string of the molecule is Cc1cc(Nc2nccc(C)n2)cc(-c2cccc(C(=O)O)c2)c1. The molecule has 24 heavy (non-hydrogen) atoms. The van der Waals surface area contributed by atoms with Gasteiger partial charge in [0.15, 0.2) is 0 Å². The van der Waals surface area contributed by atoms with Crippen LogP contribution in [0.25, 0.3) is 11.1 Å². The van der Waals surface area contributed by atoms with E-state index in [9.17, 15) is 4.79 Å². The highest BCUT2D eigenvalue weighted by Gasteiger charge is 2.07. The highest BCUT2D eigenvalue weighted by molar-refractivity contribution is 5.89.